The number of methoxy groups -OCH3 is 2. The molecule has 0 spiro atoms. The van der Waals surface area contributed by atoms with Crippen LogP contribution in [0.1, 0.15) is 36.5 Å². The molecule has 0 aromatic heterocycles. The van der Waals surface area contributed by atoms with Crippen LogP contribution in [0, 0.1) is 17.8 Å². The van der Waals surface area contributed by atoms with Crippen molar-refractivity contribution in [3.63, 3.8) is 0 Å². The highest BCUT2D eigenvalue weighted by Gasteiger charge is 2.50. The summed E-state index contributed by atoms with van der Waals surface area (Å²) in [7, 11) is 3.05. The molecule has 0 radical (unpaired) electrons. The third kappa shape index (κ3) is 3.76. The lowest BCUT2D eigenvalue weighted by molar-refractivity contribution is -0.122. The number of anilines is 2. The van der Waals surface area contributed by atoms with Gasteiger partial charge in [-0.3, -0.25) is 14.4 Å². The van der Waals surface area contributed by atoms with Gasteiger partial charge in [0.2, 0.25) is 11.8 Å². The predicted octanol–water partition coefficient (Wildman–Crippen LogP) is 3.88. The van der Waals surface area contributed by atoms with E-state index in [1.807, 2.05) is 0 Å². The van der Waals surface area contributed by atoms with Crippen LogP contribution in [0.3, 0.4) is 0 Å². The number of benzene rings is 2. The van der Waals surface area contributed by atoms with Gasteiger partial charge < -0.3 is 14.8 Å². The summed E-state index contributed by atoms with van der Waals surface area (Å²) in [5, 5.41) is 2.82. The van der Waals surface area contributed by atoms with E-state index < -0.39 is 5.91 Å². The largest absolute Gasteiger partial charge is 0.497 e. The second-order valence-corrected chi connectivity index (χ2v) is 8.18. The molecule has 7 heteroatoms. The zero-order valence-electron chi connectivity index (χ0n) is 17.9. The lowest BCUT2D eigenvalue weighted by Crippen LogP contribution is -2.33. The second-order valence-electron chi connectivity index (χ2n) is 8.18. The van der Waals surface area contributed by atoms with Gasteiger partial charge in [0.1, 0.15) is 11.5 Å². The van der Waals surface area contributed by atoms with Gasteiger partial charge in [0.15, 0.2) is 0 Å². The number of carbonyl (C=O) groups is 3. The molecule has 0 unspecified atom stereocenters. The lowest BCUT2D eigenvalue weighted by atomic mass is 9.76. The summed E-state index contributed by atoms with van der Waals surface area (Å²) in [6.07, 6.45) is 2.36. The van der Waals surface area contributed by atoms with Crippen LogP contribution >= 0.6 is 0 Å². The average molecular weight is 422 g/mol. The van der Waals surface area contributed by atoms with Gasteiger partial charge in [-0.15, -0.1) is 0 Å². The fourth-order valence-corrected chi connectivity index (χ4v) is 4.58. The van der Waals surface area contributed by atoms with Crippen molar-refractivity contribution >= 4 is 29.1 Å². The molecule has 0 bridgehead atoms. The number of fused-ring (bicyclic) bond motifs is 1. The Labute approximate surface area is 181 Å². The number of hydrogen-bond acceptors (Lipinski definition) is 5. The van der Waals surface area contributed by atoms with E-state index in [9.17, 15) is 14.4 Å². The van der Waals surface area contributed by atoms with E-state index in [4.69, 9.17) is 9.47 Å². The zero-order valence-corrected chi connectivity index (χ0v) is 17.9. The first kappa shape index (κ1) is 20.9. The molecule has 3 amide bonds. The molecule has 162 valence electrons. The molecule has 1 saturated carbocycles. The first-order valence-corrected chi connectivity index (χ1v) is 10.4. The van der Waals surface area contributed by atoms with Crippen LogP contribution in [0.15, 0.2) is 42.5 Å². The van der Waals surface area contributed by atoms with Crippen molar-refractivity contribution < 1.29 is 23.9 Å². The van der Waals surface area contributed by atoms with Crippen LogP contribution in [0.4, 0.5) is 11.4 Å². The highest BCUT2D eigenvalue weighted by Crippen LogP contribution is 2.43. The number of rotatable bonds is 5. The molecule has 1 saturated heterocycles. The fraction of sp³-hybridized carbons (Fsp3) is 0.375. The van der Waals surface area contributed by atoms with E-state index in [2.05, 4.69) is 12.2 Å². The number of amides is 3. The Morgan fingerprint density at radius 2 is 1.74 bits per heavy atom. The summed E-state index contributed by atoms with van der Waals surface area (Å²) < 4.78 is 10.5. The fourth-order valence-electron chi connectivity index (χ4n) is 4.58. The minimum absolute atomic E-state index is 0.204. The number of para-hydroxylation sites is 1. The van der Waals surface area contributed by atoms with Crippen molar-refractivity contribution in [2.24, 2.45) is 17.8 Å². The molecule has 4 rings (SSSR count). The summed E-state index contributed by atoms with van der Waals surface area (Å²) in [5.41, 5.74) is 1.04. The minimum atomic E-state index is -0.428. The molecule has 1 aliphatic carbocycles. The van der Waals surface area contributed by atoms with Crippen LogP contribution in [0.5, 0.6) is 11.5 Å². The molecule has 1 aliphatic heterocycles. The number of ether oxygens (including phenoxy) is 2. The summed E-state index contributed by atoms with van der Waals surface area (Å²) >= 11 is 0. The molecule has 2 aromatic carbocycles. The summed E-state index contributed by atoms with van der Waals surface area (Å²) in [5.74, 6) is 0.0318. The minimum Gasteiger partial charge on any atom is -0.497 e. The van der Waals surface area contributed by atoms with Crippen molar-refractivity contribution in [1.29, 1.82) is 0 Å². The van der Waals surface area contributed by atoms with Crippen LogP contribution < -0.4 is 19.7 Å². The van der Waals surface area contributed by atoms with Crippen molar-refractivity contribution in [1.82, 2.24) is 0 Å². The lowest BCUT2D eigenvalue weighted by Gasteiger charge is -2.25. The Morgan fingerprint density at radius 3 is 2.48 bits per heavy atom. The molecule has 1 N–H and O–H groups in total. The van der Waals surface area contributed by atoms with Crippen molar-refractivity contribution in [2.75, 3.05) is 24.4 Å². The zero-order chi connectivity index (χ0) is 22.1. The number of carbonyl (C=O) groups excluding carboxylic acids is 3. The van der Waals surface area contributed by atoms with Crippen LogP contribution in [-0.2, 0) is 9.59 Å². The van der Waals surface area contributed by atoms with Gasteiger partial charge in [0.25, 0.3) is 5.91 Å². The second kappa shape index (κ2) is 8.41. The predicted molar refractivity (Wildman–Crippen MR) is 116 cm³/mol. The number of hydrogen-bond donors (Lipinski definition) is 1. The highest BCUT2D eigenvalue weighted by molar-refractivity contribution is 6.24. The average Bonchev–Trinajstić information content (AvgIpc) is 3.03. The van der Waals surface area contributed by atoms with Gasteiger partial charge >= 0.3 is 0 Å². The number of imide groups is 1. The van der Waals surface area contributed by atoms with Gasteiger partial charge in [-0.1, -0.05) is 19.1 Å². The smallest absolute Gasteiger partial charge is 0.257 e. The van der Waals surface area contributed by atoms with Crippen LogP contribution in [-0.4, -0.2) is 31.9 Å². The maximum absolute atomic E-state index is 13.1. The topological polar surface area (TPSA) is 84.9 Å². The van der Waals surface area contributed by atoms with Gasteiger partial charge in [0, 0.05) is 6.07 Å². The highest BCUT2D eigenvalue weighted by atomic mass is 16.5. The first-order chi connectivity index (χ1) is 14.9. The third-order valence-electron chi connectivity index (χ3n) is 6.23. The first-order valence-electron chi connectivity index (χ1n) is 10.4. The molecular weight excluding hydrogens is 396 g/mol. The molecule has 2 aliphatic rings. The maximum atomic E-state index is 13.1. The van der Waals surface area contributed by atoms with Crippen molar-refractivity contribution in [2.45, 2.75) is 26.2 Å². The van der Waals surface area contributed by atoms with E-state index in [1.165, 1.54) is 12.0 Å². The Bertz CT molecular complexity index is 1030. The van der Waals surface area contributed by atoms with Crippen molar-refractivity contribution in [3.8, 4) is 11.5 Å². The Kier molecular flexibility index (Phi) is 5.67. The molecule has 1 heterocycles. The van der Waals surface area contributed by atoms with Gasteiger partial charge in [-0.2, -0.15) is 0 Å². The molecule has 31 heavy (non-hydrogen) atoms. The Hall–Kier alpha value is -3.35. The van der Waals surface area contributed by atoms with E-state index >= 15 is 0 Å². The monoisotopic (exact) mass is 422 g/mol. The van der Waals surface area contributed by atoms with E-state index in [-0.39, 0.29) is 29.2 Å². The summed E-state index contributed by atoms with van der Waals surface area (Å²) in [6.45, 7) is 2.11. The normalized spacial score (nSPS) is 22.8. The quantitative estimate of drug-likeness (QED) is 0.739. The van der Waals surface area contributed by atoms with Gasteiger partial charge in [0.05, 0.1) is 43.0 Å². The van der Waals surface area contributed by atoms with Crippen LogP contribution in [0.25, 0.3) is 0 Å². The Balaban J connectivity index is 1.64. The third-order valence-corrected chi connectivity index (χ3v) is 6.23. The maximum Gasteiger partial charge on any atom is 0.257 e. The standard InChI is InChI=1S/C24H26N2O5/c1-14-8-10-16-18(12-14)24(29)26(23(16)28)20-7-5-4-6-17(20)22(27)25-19-11-9-15(30-2)13-21(19)31-3/h4-7,9,11,13-14,16,18H,8,10,12H2,1-3H3,(H,25,27)/t14-,16-,18+/m0/s1. The molecule has 2 aromatic rings. The van der Waals surface area contributed by atoms with E-state index in [0.29, 0.717) is 41.6 Å². The molecule has 3 atom stereocenters. The van der Waals surface area contributed by atoms with Crippen LogP contribution in [0.2, 0.25) is 0 Å². The van der Waals surface area contributed by atoms with Crippen molar-refractivity contribution in [3.05, 3.63) is 48.0 Å². The van der Waals surface area contributed by atoms with E-state index in [0.717, 1.165) is 6.42 Å². The SMILES string of the molecule is COc1ccc(NC(=O)c2ccccc2N2C(=O)[C@H]3CC[C@H](C)C[C@H]3C2=O)c(OC)c1. The van der Waals surface area contributed by atoms with E-state index in [1.54, 1.807) is 49.6 Å². The Morgan fingerprint density at radius 1 is 1.00 bits per heavy atom. The molecule has 2 fully saturated rings. The number of nitrogens with zero attached hydrogens (tertiary/aromatic N) is 1. The molecule has 7 nitrogen and oxygen atoms in total. The van der Waals surface area contributed by atoms with Gasteiger partial charge in [-0.05, 0) is 49.4 Å². The summed E-state index contributed by atoms with van der Waals surface area (Å²) in [4.78, 5) is 40.6. The molecular formula is C24H26N2O5. The summed E-state index contributed by atoms with van der Waals surface area (Å²) in [6, 6.07) is 11.8. The van der Waals surface area contributed by atoms with Gasteiger partial charge in [-0.25, -0.2) is 4.90 Å². The number of nitrogens with one attached hydrogen (secondary N) is 1.